The van der Waals surface area contributed by atoms with E-state index in [0.29, 0.717) is 42.9 Å². The van der Waals surface area contributed by atoms with Crippen molar-refractivity contribution in [2.75, 3.05) is 6.54 Å². The van der Waals surface area contributed by atoms with E-state index in [1.807, 2.05) is 32.0 Å². The Morgan fingerprint density at radius 1 is 1.33 bits per heavy atom. The summed E-state index contributed by atoms with van der Waals surface area (Å²) in [4.78, 5) is 14.5. The average Bonchev–Trinajstić information content (AvgIpc) is 2.98. The van der Waals surface area contributed by atoms with Crippen molar-refractivity contribution in [3.8, 4) is 5.69 Å². The summed E-state index contributed by atoms with van der Waals surface area (Å²) < 4.78 is 2.13. The number of aryl methyl sites for hydroxylation is 1. The van der Waals surface area contributed by atoms with Crippen LogP contribution in [0, 0.1) is 6.92 Å². The number of carbonyl (C=O) groups excluding carboxylic acids is 1. The topological polar surface area (TPSA) is 38.1 Å². The van der Waals surface area contributed by atoms with Gasteiger partial charge in [0.2, 0.25) is 0 Å². The lowest BCUT2D eigenvalue weighted by Crippen LogP contribution is -2.27. The van der Waals surface area contributed by atoms with Gasteiger partial charge < -0.3 is 0 Å². The maximum Gasteiger partial charge on any atom is 0.266 e. The summed E-state index contributed by atoms with van der Waals surface area (Å²) in [5, 5.41) is 5.41. The summed E-state index contributed by atoms with van der Waals surface area (Å²) in [5.74, 6) is -0.103. The van der Waals surface area contributed by atoms with Crippen LogP contribution in [0.25, 0.3) is 11.8 Å². The Hall–Kier alpha value is -1.34. The summed E-state index contributed by atoms with van der Waals surface area (Å²) in [6.07, 6.45) is 1.74. The Morgan fingerprint density at radius 3 is 2.67 bits per heavy atom. The molecule has 24 heavy (non-hydrogen) atoms. The Morgan fingerprint density at radius 2 is 2.04 bits per heavy atom. The molecular formula is C16H13Cl2N3OS2. The second kappa shape index (κ2) is 6.88. The molecular weight excluding hydrogens is 385 g/mol. The van der Waals surface area contributed by atoms with Crippen molar-refractivity contribution in [3.63, 3.8) is 0 Å². The van der Waals surface area contributed by atoms with Crippen molar-refractivity contribution >= 4 is 63.5 Å². The van der Waals surface area contributed by atoms with Gasteiger partial charge >= 0.3 is 0 Å². The second-order valence-electron chi connectivity index (χ2n) is 5.08. The number of amides is 1. The highest BCUT2D eigenvalue weighted by Crippen LogP contribution is 2.35. The molecule has 0 N–H and O–H groups in total. The van der Waals surface area contributed by atoms with E-state index in [9.17, 15) is 4.79 Å². The predicted molar refractivity (Wildman–Crippen MR) is 104 cm³/mol. The van der Waals surface area contributed by atoms with Gasteiger partial charge in [-0.1, -0.05) is 59.3 Å². The van der Waals surface area contributed by atoms with Gasteiger partial charge in [-0.3, -0.25) is 9.69 Å². The Bertz CT molecular complexity index is 876. The number of para-hydroxylation sites is 1. The standard InChI is InChI=1S/C16H13Cl2N3OS2/c1-3-20-15(22)13(24-16(20)23)8-10-9(2)19-21(14(10)18)12-7-5-4-6-11(12)17/h4-8H,3H2,1-2H3/b13-8+. The van der Waals surface area contributed by atoms with Gasteiger partial charge in [0.15, 0.2) is 0 Å². The Labute approximate surface area is 159 Å². The lowest BCUT2D eigenvalue weighted by Gasteiger charge is -2.09. The first-order valence-electron chi connectivity index (χ1n) is 7.19. The third-order valence-electron chi connectivity index (χ3n) is 3.59. The lowest BCUT2D eigenvalue weighted by molar-refractivity contribution is -0.121. The molecule has 3 rings (SSSR count). The highest BCUT2D eigenvalue weighted by molar-refractivity contribution is 8.26. The summed E-state index contributed by atoms with van der Waals surface area (Å²) in [6.45, 7) is 4.28. The molecule has 4 nitrogen and oxygen atoms in total. The molecule has 1 aromatic heterocycles. The number of aromatic nitrogens is 2. The first kappa shape index (κ1) is 17.5. The van der Waals surface area contributed by atoms with Crippen LogP contribution in [0.2, 0.25) is 10.2 Å². The molecule has 1 aromatic carbocycles. The van der Waals surface area contributed by atoms with Crippen LogP contribution in [0.1, 0.15) is 18.2 Å². The number of halogens is 2. The van der Waals surface area contributed by atoms with Crippen molar-refractivity contribution in [3.05, 3.63) is 50.6 Å². The number of likely N-dealkylation sites (N-methyl/N-ethyl adjacent to an activating group) is 1. The average molecular weight is 398 g/mol. The molecule has 2 aromatic rings. The normalized spacial score (nSPS) is 16.5. The van der Waals surface area contributed by atoms with Crippen LogP contribution in [0.4, 0.5) is 0 Å². The Kier molecular flexibility index (Phi) is 5.01. The smallest absolute Gasteiger partial charge is 0.266 e. The van der Waals surface area contributed by atoms with E-state index < -0.39 is 0 Å². The molecule has 0 atom stereocenters. The zero-order valence-corrected chi connectivity index (χ0v) is 16.1. The van der Waals surface area contributed by atoms with Crippen LogP contribution in [0.5, 0.6) is 0 Å². The van der Waals surface area contributed by atoms with E-state index in [0.717, 1.165) is 0 Å². The molecule has 2 heterocycles. The van der Waals surface area contributed by atoms with Crippen LogP contribution in [0.3, 0.4) is 0 Å². The number of thioether (sulfide) groups is 1. The van der Waals surface area contributed by atoms with Crippen molar-refractivity contribution in [1.82, 2.24) is 14.7 Å². The van der Waals surface area contributed by atoms with Crippen molar-refractivity contribution in [2.45, 2.75) is 13.8 Å². The van der Waals surface area contributed by atoms with Gasteiger partial charge in [0, 0.05) is 12.1 Å². The van der Waals surface area contributed by atoms with Crippen molar-refractivity contribution < 1.29 is 4.79 Å². The van der Waals surface area contributed by atoms with E-state index in [-0.39, 0.29) is 5.91 Å². The summed E-state index contributed by atoms with van der Waals surface area (Å²) >= 11 is 19.2. The minimum absolute atomic E-state index is 0.103. The molecule has 8 heteroatoms. The third-order valence-corrected chi connectivity index (χ3v) is 5.65. The fourth-order valence-electron chi connectivity index (χ4n) is 2.36. The van der Waals surface area contributed by atoms with Gasteiger partial charge in [-0.2, -0.15) is 5.10 Å². The SMILES string of the molecule is CCN1C(=O)/C(=C\c2c(C)nn(-c3ccccc3Cl)c2Cl)SC1=S. The molecule has 0 saturated carbocycles. The molecule has 1 fully saturated rings. The number of hydrogen-bond donors (Lipinski definition) is 0. The molecule has 0 aliphatic carbocycles. The maximum atomic E-state index is 12.4. The number of rotatable bonds is 3. The highest BCUT2D eigenvalue weighted by Gasteiger charge is 2.31. The van der Waals surface area contributed by atoms with E-state index in [2.05, 4.69) is 5.10 Å². The highest BCUT2D eigenvalue weighted by atomic mass is 35.5. The largest absolute Gasteiger partial charge is 0.293 e. The second-order valence-corrected chi connectivity index (χ2v) is 7.52. The van der Waals surface area contributed by atoms with Gasteiger partial charge in [0.1, 0.15) is 9.47 Å². The van der Waals surface area contributed by atoms with Gasteiger partial charge in [0.05, 0.1) is 21.3 Å². The van der Waals surface area contributed by atoms with Crippen LogP contribution in [0.15, 0.2) is 29.2 Å². The minimum atomic E-state index is -0.103. The first-order chi connectivity index (χ1) is 11.4. The molecule has 0 unspecified atom stereocenters. The van der Waals surface area contributed by atoms with Crippen molar-refractivity contribution in [1.29, 1.82) is 0 Å². The van der Waals surface area contributed by atoms with Crippen LogP contribution < -0.4 is 0 Å². The fourth-order valence-corrected chi connectivity index (χ4v) is 4.26. The molecule has 124 valence electrons. The predicted octanol–water partition coefficient (Wildman–Crippen LogP) is 4.71. The lowest BCUT2D eigenvalue weighted by atomic mass is 10.2. The molecule has 1 aliphatic heterocycles. The zero-order valence-electron chi connectivity index (χ0n) is 12.9. The number of nitrogens with zero attached hydrogens (tertiary/aromatic N) is 3. The summed E-state index contributed by atoms with van der Waals surface area (Å²) in [7, 11) is 0. The van der Waals surface area contributed by atoms with Crippen LogP contribution in [-0.4, -0.2) is 31.5 Å². The van der Waals surface area contributed by atoms with E-state index in [1.54, 1.807) is 21.7 Å². The molecule has 0 bridgehead atoms. The monoisotopic (exact) mass is 397 g/mol. The molecule has 1 saturated heterocycles. The van der Waals surface area contributed by atoms with Gasteiger partial charge in [-0.15, -0.1) is 0 Å². The summed E-state index contributed by atoms with van der Waals surface area (Å²) in [6, 6.07) is 7.31. The van der Waals surface area contributed by atoms with E-state index >= 15 is 0 Å². The molecule has 1 amide bonds. The minimum Gasteiger partial charge on any atom is -0.293 e. The first-order valence-corrected chi connectivity index (χ1v) is 9.17. The van der Waals surface area contributed by atoms with Crippen molar-refractivity contribution in [2.24, 2.45) is 0 Å². The van der Waals surface area contributed by atoms with Gasteiger partial charge in [0.25, 0.3) is 5.91 Å². The summed E-state index contributed by atoms with van der Waals surface area (Å²) in [5.41, 5.74) is 2.09. The molecule has 0 spiro atoms. The van der Waals surface area contributed by atoms with Crippen LogP contribution in [-0.2, 0) is 4.79 Å². The third kappa shape index (κ3) is 2.99. The van der Waals surface area contributed by atoms with Gasteiger partial charge in [-0.05, 0) is 32.1 Å². The Balaban J connectivity index is 2.06. The van der Waals surface area contributed by atoms with E-state index in [4.69, 9.17) is 35.4 Å². The molecule has 0 radical (unpaired) electrons. The van der Waals surface area contributed by atoms with E-state index in [1.165, 1.54) is 11.8 Å². The zero-order chi connectivity index (χ0) is 17.4. The number of thiocarbonyl (C=S) groups is 1. The van der Waals surface area contributed by atoms with Crippen LogP contribution >= 0.6 is 47.2 Å². The number of hydrogen-bond acceptors (Lipinski definition) is 4. The quantitative estimate of drug-likeness (QED) is 0.555. The number of carbonyl (C=O) groups is 1. The molecule has 1 aliphatic rings. The van der Waals surface area contributed by atoms with Gasteiger partial charge in [-0.25, -0.2) is 4.68 Å². The number of benzene rings is 1. The maximum absolute atomic E-state index is 12.4. The fraction of sp³-hybridized carbons (Fsp3) is 0.188.